The number of nitrogen functional groups attached to an aromatic ring is 1. The summed E-state index contributed by atoms with van der Waals surface area (Å²) in [7, 11) is 0. The Bertz CT molecular complexity index is 485. The van der Waals surface area contributed by atoms with Crippen LogP contribution in [0.2, 0.25) is 0 Å². The van der Waals surface area contributed by atoms with Crippen molar-refractivity contribution in [3.8, 4) is 5.88 Å². The number of nitrogens with zero attached hydrogens (tertiary/aromatic N) is 1. The summed E-state index contributed by atoms with van der Waals surface area (Å²) in [5.74, 6) is 0.0468. The first kappa shape index (κ1) is 11.4. The normalized spacial score (nSPS) is 10.2. The second-order valence-electron chi connectivity index (χ2n) is 3.61. The lowest BCUT2D eigenvalue weighted by Crippen LogP contribution is -2.04. The number of hydrogen-bond donors (Lipinski definition) is 1. The van der Waals surface area contributed by atoms with Crippen molar-refractivity contribution in [1.29, 1.82) is 0 Å². The molecular formula is C13H13FN2O. The van der Waals surface area contributed by atoms with Crippen LogP contribution in [-0.2, 0) is 6.42 Å². The Labute approximate surface area is 99.1 Å². The van der Waals surface area contributed by atoms with Gasteiger partial charge in [0.15, 0.2) is 0 Å². The number of anilines is 1. The molecule has 0 aliphatic carbocycles. The molecule has 1 aromatic carbocycles. The van der Waals surface area contributed by atoms with Gasteiger partial charge >= 0.3 is 0 Å². The van der Waals surface area contributed by atoms with E-state index < -0.39 is 0 Å². The molecule has 0 saturated carbocycles. The van der Waals surface area contributed by atoms with Crippen LogP contribution >= 0.6 is 0 Å². The second-order valence-corrected chi connectivity index (χ2v) is 3.61. The zero-order valence-electron chi connectivity index (χ0n) is 9.27. The maximum absolute atomic E-state index is 12.6. The summed E-state index contributed by atoms with van der Waals surface area (Å²) in [6.45, 7) is 0.465. The largest absolute Gasteiger partial charge is 0.477 e. The first-order valence-electron chi connectivity index (χ1n) is 5.33. The van der Waals surface area contributed by atoms with Gasteiger partial charge in [-0.1, -0.05) is 18.2 Å². The van der Waals surface area contributed by atoms with Crippen molar-refractivity contribution in [1.82, 2.24) is 4.98 Å². The van der Waals surface area contributed by atoms with Crippen LogP contribution in [0, 0.1) is 5.82 Å². The molecule has 0 fully saturated rings. The molecule has 0 amide bonds. The minimum atomic E-state index is -0.371. The molecule has 17 heavy (non-hydrogen) atoms. The molecular weight excluding hydrogens is 219 g/mol. The molecule has 0 unspecified atom stereocenters. The standard InChI is InChI=1S/C13H13FN2O/c14-11-5-6-13(16-9-11)17-8-7-10-3-1-2-4-12(10)15/h1-6,9H,7-8,15H2. The van der Waals surface area contributed by atoms with Gasteiger partial charge in [0.25, 0.3) is 0 Å². The first-order valence-corrected chi connectivity index (χ1v) is 5.33. The van der Waals surface area contributed by atoms with Crippen molar-refractivity contribution >= 4 is 5.69 Å². The molecule has 0 aliphatic heterocycles. The van der Waals surface area contributed by atoms with Crippen LogP contribution < -0.4 is 10.5 Å². The molecule has 0 atom stereocenters. The summed E-state index contributed by atoms with van der Waals surface area (Å²) < 4.78 is 18.0. The molecule has 2 rings (SSSR count). The van der Waals surface area contributed by atoms with Crippen LogP contribution in [0.1, 0.15) is 5.56 Å². The zero-order chi connectivity index (χ0) is 12.1. The van der Waals surface area contributed by atoms with E-state index in [1.807, 2.05) is 24.3 Å². The van der Waals surface area contributed by atoms with Crippen LogP contribution in [-0.4, -0.2) is 11.6 Å². The third kappa shape index (κ3) is 3.17. The molecule has 1 heterocycles. The smallest absolute Gasteiger partial charge is 0.213 e. The fourth-order valence-electron chi connectivity index (χ4n) is 1.48. The summed E-state index contributed by atoms with van der Waals surface area (Å²) in [5.41, 5.74) is 7.59. The molecule has 1 aromatic heterocycles. The van der Waals surface area contributed by atoms with Gasteiger partial charge in [0, 0.05) is 18.2 Å². The number of benzene rings is 1. The van der Waals surface area contributed by atoms with Crippen LogP contribution in [0.15, 0.2) is 42.6 Å². The average Bonchev–Trinajstić information content (AvgIpc) is 2.34. The monoisotopic (exact) mass is 232 g/mol. The molecule has 0 spiro atoms. The van der Waals surface area contributed by atoms with Crippen molar-refractivity contribution in [2.45, 2.75) is 6.42 Å². The van der Waals surface area contributed by atoms with E-state index in [-0.39, 0.29) is 5.82 Å². The number of ether oxygens (including phenoxy) is 1. The molecule has 3 nitrogen and oxygen atoms in total. The van der Waals surface area contributed by atoms with Gasteiger partial charge in [0.05, 0.1) is 12.8 Å². The summed E-state index contributed by atoms with van der Waals surface area (Å²) in [4.78, 5) is 3.80. The van der Waals surface area contributed by atoms with Crippen LogP contribution in [0.5, 0.6) is 5.88 Å². The van der Waals surface area contributed by atoms with Gasteiger partial charge < -0.3 is 10.5 Å². The SMILES string of the molecule is Nc1ccccc1CCOc1ccc(F)cn1. The van der Waals surface area contributed by atoms with Gasteiger partial charge in [0.2, 0.25) is 5.88 Å². The highest BCUT2D eigenvalue weighted by atomic mass is 19.1. The quantitative estimate of drug-likeness (QED) is 0.823. The summed E-state index contributed by atoms with van der Waals surface area (Å²) in [6, 6.07) is 10.5. The number of aromatic nitrogens is 1. The number of hydrogen-bond acceptors (Lipinski definition) is 3. The predicted octanol–water partition coefficient (Wildman–Crippen LogP) is 2.42. The Kier molecular flexibility index (Phi) is 3.55. The second kappa shape index (κ2) is 5.30. The van der Waals surface area contributed by atoms with E-state index in [0.717, 1.165) is 17.4 Å². The third-order valence-corrected chi connectivity index (χ3v) is 2.38. The number of para-hydroxylation sites is 1. The van der Waals surface area contributed by atoms with Gasteiger partial charge in [-0.3, -0.25) is 0 Å². The van der Waals surface area contributed by atoms with E-state index in [2.05, 4.69) is 4.98 Å². The molecule has 0 aliphatic rings. The van der Waals surface area contributed by atoms with Gasteiger partial charge in [0.1, 0.15) is 5.82 Å². The van der Waals surface area contributed by atoms with E-state index in [9.17, 15) is 4.39 Å². The number of pyridine rings is 1. The lowest BCUT2D eigenvalue weighted by molar-refractivity contribution is 0.309. The van der Waals surface area contributed by atoms with Gasteiger partial charge in [-0.2, -0.15) is 0 Å². The Hall–Kier alpha value is -2.10. The maximum Gasteiger partial charge on any atom is 0.213 e. The third-order valence-electron chi connectivity index (χ3n) is 2.38. The predicted molar refractivity (Wildman–Crippen MR) is 64.2 cm³/mol. The Balaban J connectivity index is 1.88. The van der Waals surface area contributed by atoms with Crippen LogP contribution in [0.25, 0.3) is 0 Å². The molecule has 0 bridgehead atoms. The maximum atomic E-state index is 12.6. The van der Waals surface area contributed by atoms with E-state index in [4.69, 9.17) is 10.5 Å². The van der Waals surface area contributed by atoms with Crippen LogP contribution in [0.3, 0.4) is 0 Å². The van der Waals surface area contributed by atoms with Gasteiger partial charge in [-0.15, -0.1) is 0 Å². The fraction of sp³-hybridized carbons (Fsp3) is 0.154. The summed E-state index contributed by atoms with van der Waals surface area (Å²) in [5, 5.41) is 0. The van der Waals surface area contributed by atoms with Crippen molar-refractivity contribution in [2.24, 2.45) is 0 Å². The number of nitrogens with two attached hydrogens (primary N) is 1. The molecule has 88 valence electrons. The van der Waals surface area contributed by atoms with Crippen molar-refractivity contribution in [3.63, 3.8) is 0 Å². The van der Waals surface area contributed by atoms with Gasteiger partial charge in [-0.05, 0) is 17.7 Å². The lowest BCUT2D eigenvalue weighted by Gasteiger charge is -2.06. The topological polar surface area (TPSA) is 48.1 Å². The molecule has 0 radical (unpaired) electrons. The highest BCUT2D eigenvalue weighted by Crippen LogP contribution is 2.12. The summed E-state index contributed by atoms with van der Waals surface area (Å²) >= 11 is 0. The van der Waals surface area contributed by atoms with E-state index in [1.165, 1.54) is 12.1 Å². The fourth-order valence-corrected chi connectivity index (χ4v) is 1.48. The van der Waals surface area contributed by atoms with Crippen LogP contribution in [0.4, 0.5) is 10.1 Å². The van der Waals surface area contributed by atoms with E-state index >= 15 is 0 Å². The first-order chi connectivity index (χ1) is 8.25. The Morgan fingerprint density at radius 2 is 2.00 bits per heavy atom. The number of rotatable bonds is 4. The van der Waals surface area contributed by atoms with E-state index in [0.29, 0.717) is 18.9 Å². The van der Waals surface area contributed by atoms with Crippen molar-refractivity contribution < 1.29 is 9.13 Å². The average molecular weight is 232 g/mol. The molecule has 2 aromatic rings. The molecule has 0 saturated heterocycles. The Morgan fingerprint density at radius 3 is 2.71 bits per heavy atom. The van der Waals surface area contributed by atoms with Crippen molar-refractivity contribution in [3.05, 3.63) is 54.0 Å². The minimum Gasteiger partial charge on any atom is -0.477 e. The minimum absolute atomic E-state index is 0.371. The van der Waals surface area contributed by atoms with E-state index in [1.54, 1.807) is 0 Å². The van der Waals surface area contributed by atoms with Crippen molar-refractivity contribution in [2.75, 3.05) is 12.3 Å². The van der Waals surface area contributed by atoms with Gasteiger partial charge in [-0.25, -0.2) is 9.37 Å². The Morgan fingerprint density at radius 1 is 1.18 bits per heavy atom. The zero-order valence-corrected chi connectivity index (χ0v) is 9.27. The number of halogens is 1. The molecule has 4 heteroatoms. The highest BCUT2D eigenvalue weighted by Gasteiger charge is 1.99. The summed E-state index contributed by atoms with van der Waals surface area (Å²) in [6.07, 6.45) is 1.83. The lowest BCUT2D eigenvalue weighted by atomic mass is 10.1. The highest BCUT2D eigenvalue weighted by molar-refractivity contribution is 5.46. The molecule has 2 N–H and O–H groups in total.